The topological polar surface area (TPSA) is 68.5 Å². The Kier molecular flexibility index (Phi) is 3.02. The number of aliphatic hydroxyl groups is 1. The number of furan rings is 1. The molecule has 0 aliphatic carbocycles. The maximum absolute atomic E-state index is 11.5. The van der Waals surface area contributed by atoms with Crippen LogP contribution in [0.5, 0.6) is 0 Å². The van der Waals surface area contributed by atoms with Gasteiger partial charge in [0.25, 0.3) is 0 Å². The van der Waals surface area contributed by atoms with Crippen LogP contribution in [0.1, 0.15) is 34.3 Å². The van der Waals surface area contributed by atoms with E-state index in [-0.39, 0.29) is 0 Å². The molecule has 0 spiro atoms. The summed E-state index contributed by atoms with van der Waals surface area (Å²) in [6.07, 6.45) is -0.808. The predicted molar refractivity (Wildman–Crippen MR) is 78.4 cm³/mol. The van der Waals surface area contributed by atoms with E-state index in [1.54, 1.807) is 25.2 Å². The molecule has 1 aromatic carbocycles. The van der Waals surface area contributed by atoms with Gasteiger partial charge >= 0.3 is 5.76 Å². The second kappa shape index (κ2) is 4.63. The van der Waals surface area contributed by atoms with Crippen molar-refractivity contribution in [2.45, 2.75) is 26.9 Å². The lowest BCUT2D eigenvalue weighted by atomic mass is 9.98. The van der Waals surface area contributed by atoms with Crippen LogP contribution in [0, 0.1) is 20.8 Å². The molecule has 5 nitrogen and oxygen atoms in total. The van der Waals surface area contributed by atoms with E-state index in [1.807, 2.05) is 20.8 Å². The summed E-state index contributed by atoms with van der Waals surface area (Å²) in [4.78, 5) is 11.5. The third-order valence-corrected chi connectivity index (χ3v) is 4.02. The Morgan fingerprint density at radius 2 is 1.86 bits per heavy atom. The molecule has 0 radical (unpaired) electrons. The van der Waals surface area contributed by atoms with E-state index in [1.165, 1.54) is 4.57 Å². The van der Waals surface area contributed by atoms with Crippen LogP contribution in [0.2, 0.25) is 0 Å². The summed E-state index contributed by atoms with van der Waals surface area (Å²) in [5.74, 6) is 1.09. The summed E-state index contributed by atoms with van der Waals surface area (Å²) in [5, 5.41) is 10.6. The molecule has 3 rings (SSSR count). The van der Waals surface area contributed by atoms with Gasteiger partial charge in [0, 0.05) is 12.6 Å². The SMILES string of the molecule is Cc1oc(C)c(C(O)c2ccc3c(c2)oc(=O)n3C)c1C. The Morgan fingerprint density at radius 1 is 1.14 bits per heavy atom. The van der Waals surface area contributed by atoms with Crippen molar-refractivity contribution in [1.29, 1.82) is 0 Å². The van der Waals surface area contributed by atoms with E-state index in [9.17, 15) is 9.90 Å². The number of aromatic nitrogens is 1. The van der Waals surface area contributed by atoms with Crippen LogP contribution in [0.3, 0.4) is 0 Å². The molecule has 1 N–H and O–H groups in total. The Balaban J connectivity index is 2.13. The fourth-order valence-electron chi connectivity index (χ4n) is 2.70. The average Bonchev–Trinajstić information content (AvgIpc) is 2.86. The first-order valence-corrected chi connectivity index (χ1v) is 6.74. The van der Waals surface area contributed by atoms with Crippen molar-refractivity contribution in [2.24, 2.45) is 7.05 Å². The summed E-state index contributed by atoms with van der Waals surface area (Å²) in [6, 6.07) is 5.27. The van der Waals surface area contributed by atoms with E-state index in [4.69, 9.17) is 8.83 Å². The summed E-state index contributed by atoms with van der Waals surface area (Å²) in [6.45, 7) is 5.63. The fraction of sp³-hybridized carbons (Fsp3) is 0.312. The predicted octanol–water partition coefficient (Wildman–Crippen LogP) is 2.73. The third kappa shape index (κ3) is 2.01. The highest BCUT2D eigenvalue weighted by Crippen LogP contribution is 2.32. The number of rotatable bonds is 2. The minimum Gasteiger partial charge on any atom is -0.466 e. The van der Waals surface area contributed by atoms with E-state index in [0.29, 0.717) is 22.4 Å². The van der Waals surface area contributed by atoms with Crippen molar-refractivity contribution in [2.75, 3.05) is 0 Å². The Bertz CT molecular complexity index is 882. The zero-order valence-electron chi connectivity index (χ0n) is 12.4. The quantitative estimate of drug-likeness (QED) is 0.787. The molecular formula is C16H17NO4. The summed E-state index contributed by atoms with van der Waals surface area (Å²) in [7, 11) is 1.65. The molecule has 2 aromatic heterocycles. The van der Waals surface area contributed by atoms with Crippen molar-refractivity contribution in [1.82, 2.24) is 4.57 Å². The second-order valence-electron chi connectivity index (χ2n) is 5.31. The van der Waals surface area contributed by atoms with Crippen LogP contribution in [-0.4, -0.2) is 9.67 Å². The van der Waals surface area contributed by atoms with Crippen LogP contribution < -0.4 is 5.76 Å². The smallest absolute Gasteiger partial charge is 0.419 e. The first-order chi connectivity index (χ1) is 9.90. The van der Waals surface area contributed by atoms with Crippen molar-refractivity contribution < 1.29 is 13.9 Å². The minimum atomic E-state index is -0.808. The maximum atomic E-state index is 11.5. The summed E-state index contributed by atoms with van der Waals surface area (Å²) in [5.41, 5.74) is 3.55. The summed E-state index contributed by atoms with van der Waals surface area (Å²) < 4.78 is 12.2. The Morgan fingerprint density at radius 3 is 2.48 bits per heavy atom. The second-order valence-corrected chi connectivity index (χ2v) is 5.31. The van der Waals surface area contributed by atoms with Gasteiger partial charge in [-0.15, -0.1) is 0 Å². The van der Waals surface area contributed by atoms with Gasteiger partial charge in [0.05, 0.1) is 5.52 Å². The van der Waals surface area contributed by atoms with E-state index in [2.05, 4.69) is 0 Å². The normalized spacial score (nSPS) is 13.0. The van der Waals surface area contributed by atoms with E-state index >= 15 is 0 Å². The average molecular weight is 287 g/mol. The van der Waals surface area contributed by atoms with Crippen molar-refractivity contribution in [3.63, 3.8) is 0 Å². The fourth-order valence-corrected chi connectivity index (χ4v) is 2.70. The number of aryl methyl sites for hydroxylation is 3. The van der Waals surface area contributed by atoms with Crippen LogP contribution in [0.25, 0.3) is 11.1 Å². The summed E-state index contributed by atoms with van der Waals surface area (Å²) >= 11 is 0. The highest BCUT2D eigenvalue weighted by Gasteiger charge is 2.21. The molecule has 0 saturated heterocycles. The molecule has 21 heavy (non-hydrogen) atoms. The zero-order valence-corrected chi connectivity index (χ0v) is 12.4. The number of hydrogen-bond donors (Lipinski definition) is 1. The first kappa shape index (κ1) is 13.7. The number of nitrogens with zero attached hydrogens (tertiary/aromatic N) is 1. The van der Waals surface area contributed by atoms with Gasteiger partial charge in [-0.1, -0.05) is 6.07 Å². The largest absolute Gasteiger partial charge is 0.466 e. The van der Waals surface area contributed by atoms with Crippen molar-refractivity contribution in [3.05, 3.63) is 57.0 Å². The van der Waals surface area contributed by atoms with Gasteiger partial charge < -0.3 is 13.9 Å². The molecule has 0 saturated carbocycles. The van der Waals surface area contributed by atoms with Gasteiger partial charge in [-0.05, 0) is 44.0 Å². The van der Waals surface area contributed by atoms with Gasteiger partial charge in [0.2, 0.25) is 0 Å². The standard InChI is InChI=1S/C16H17NO4/c1-8-9(2)20-10(3)14(8)15(18)11-5-6-12-13(7-11)21-16(19)17(12)4/h5-7,15,18H,1-4H3. The van der Waals surface area contributed by atoms with E-state index < -0.39 is 11.9 Å². The van der Waals surface area contributed by atoms with Gasteiger partial charge in [-0.3, -0.25) is 4.57 Å². The van der Waals surface area contributed by atoms with Gasteiger partial charge in [-0.25, -0.2) is 4.79 Å². The molecule has 0 aliphatic heterocycles. The van der Waals surface area contributed by atoms with Crippen molar-refractivity contribution in [3.8, 4) is 0 Å². The Labute approximate surface area is 121 Å². The van der Waals surface area contributed by atoms with Gasteiger partial charge in [0.15, 0.2) is 5.58 Å². The number of fused-ring (bicyclic) bond motifs is 1. The minimum absolute atomic E-state index is 0.414. The Hall–Kier alpha value is -2.27. The van der Waals surface area contributed by atoms with Crippen LogP contribution in [0.15, 0.2) is 31.8 Å². The third-order valence-electron chi connectivity index (χ3n) is 4.02. The zero-order chi connectivity index (χ0) is 15.3. The molecule has 110 valence electrons. The van der Waals surface area contributed by atoms with Gasteiger partial charge in [0.1, 0.15) is 17.6 Å². The number of hydrogen-bond acceptors (Lipinski definition) is 4. The first-order valence-electron chi connectivity index (χ1n) is 6.74. The molecule has 3 aromatic rings. The molecule has 1 unspecified atom stereocenters. The number of oxazole rings is 1. The molecular weight excluding hydrogens is 270 g/mol. The molecule has 5 heteroatoms. The molecule has 0 amide bonds. The molecule has 2 heterocycles. The lowest BCUT2D eigenvalue weighted by molar-refractivity contribution is 0.217. The number of benzene rings is 1. The molecule has 0 fully saturated rings. The monoisotopic (exact) mass is 287 g/mol. The molecule has 0 bridgehead atoms. The van der Waals surface area contributed by atoms with Crippen LogP contribution in [0.4, 0.5) is 0 Å². The van der Waals surface area contributed by atoms with Gasteiger partial charge in [-0.2, -0.15) is 0 Å². The maximum Gasteiger partial charge on any atom is 0.419 e. The molecule has 0 aliphatic rings. The molecule has 1 atom stereocenters. The van der Waals surface area contributed by atoms with Crippen molar-refractivity contribution >= 4 is 11.1 Å². The highest BCUT2D eigenvalue weighted by molar-refractivity contribution is 5.74. The number of aliphatic hydroxyl groups excluding tert-OH is 1. The lowest BCUT2D eigenvalue weighted by Gasteiger charge is -2.11. The lowest BCUT2D eigenvalue weighted by Crippen LogP contribution is -2.08. The van der Waals surface area contributed by atoms with Crippen LogP contribution >= 0.6 is 0 Å². The highest BCUT2D eigenvalue weighted by atomic mass is 16.4. The van der Waals surface area contributed by atoms with E-state index in [0.717, 1.165) is 16.9 Å². The van der Waals surface area contributed by atoms with Crippen LogP contribution in [-0.2, 0) is 7.05 Å².